The van der Waals surface area contributed by atoms with E-state index in [0.717, 1.165) is 66.4 Å². The van der Waals surface area contributed by atoms with Crippen LogP contribution >= 0.6 is 0 Å². The summed E-state index contributed by atoms with van der Waals surface area (Å²) in [5.74, 6) is 0.627. The van der Waals surface area contributed by atoms with Crippen molar-refractivity contribution < 1.29 is 4.42 Å². The summed E-state index contributed by atoms with van der Waals surface area (Å²) in [6.45, 7) is 0. The molecule has 0 saturated carbocycles. The lowest BCUT2D eigenvalue weighted by Crippen LogP contribution is -2.10. The van der Waals surface area contributed by atoms with Gasteiger partial charge in [0.15, 0.2) is 5.58 Å². The van der Waals surface area contributed by atoms with Crippen molar-refractivity contribution in [3.63, 3.8) is 0 Å². The lowest BCUT2D eigenvalue weighted by Gasteiger charge is -2.26. The molecule has 3 nitrogen and oxygen atoms in total. The van der Waals surface area contributed by atoms with E-state index in [1.54, 1.807) is 0 Å². The van der Waals surface area contributed by atoms with E-state index in [1.165, 1.54) is 43.8 Å². The molecule has 62 heavy (non-hydrogen) atoms. The average Bonchev–Trinajstić information content (AvgIpc) is 3.79. The summed E-state index contributed by atoms with van der Waals surface area (Å²) in [6, 6.07) is 82.5. The highest BCUT2D eigenvalue weighted by atomic mass is 16.3. The van der Waals surface area contributed by atoms with Gasteiger partial charge < -0.3 is 9.32 Å². The average molecular weight is 791 g/mol. The smallest absolute Gasteiger partial charge is 0.227 e. The predicted molar refractivity (Wildman–Crippen MR) is 260 cm³/mol. The van der Waals surface area contributed by atoms with Crippen molar-refractivity contribution in [2.75, 3.05) is 4.90 Å². The summed E-state index contributed by atoms with van der Waals surface area (Å²) in [5.41, 5.74) is 13.0. The number of anilines is 3. The number of rotatable bonds is 7. The molecule has 0 fully saturated rings. The highest BCUT2D eigenvalue weighted by Crippen LogP contribution is 2.42. The van der Waals surface area contributed by atoms with Gasteiger partial charge in [0.05, 0.1) is 0 Å². The molecule has 12 rings (SSSR count). The summed E-state index contributed by atoms with van der Waals surface area (Å²) < 4.78 is 6.54. The Morgan fingerprint density at radius 1 is 0.306 bits per heavy atom. The van der Waals surface area contributed by atoms with Gasteiger partial charge in [-0.1, -0.05) is 176 Å². The Labute approximate surface area is 359 Å². The molecule has 0 spiro atoms. The van der Waals surface area contributed by atoms with Crippen LogP contribution in [0, 0.1) is 0 Å². The van der Waals surface area contributed by atoms with Crippen molar-refractivity contribution >= 4 is 71.3 Å². The van der Waals surface area contributed by atoms with Gasteiger partial charge >= 0.3 is 0 Å². The molecule has 0 unspecified atom stereocenters. The van der Waals surface area contributed by atoms with Crippen LogP contribution in [0.3, 0.4) is 0 Å². The van der Waals surface area contributed by atoms with E-state index in [1.807, 2.05) is 12.1 Å². The zero-order valence-electron chi connectivity index (χ0n) is 33.7. The first-order valence-corrected chi connectivity index (χ1v) is 21.1. The van der Waals surface area contributed by atoms with Crippen LogP contribution in [0.2, 0.25) is 0 Å². The van der Waals surface area contributed by atoms with Gasteiger partial charge in [0, 0.05) is 28.0 Å². The summed E-state index contributed by atoms with van der Waals surface area (Å²) >= 11 is 0. The zero-order chi connectivity index (χ0) is 41.0. The summed E-state index contributed by atoms with van der Waals surface area (Å²) in [6.07, 6.45) is 0. The Balaban J connectivity index is 0.945. The Morgan fingerprint density at radius 2 is 0.855 bits per heavy atom. The van der Waals surface area contributed by atoms with Gasteiger partial charge in [0.1, 0.15) is 5.52 Å². The molecule has 0 radical (unpaired) electrons. The van der Waals surface area contributed by atoms with Crippen LogP contribution in [0.15, 0.2) is 235 Å². The summed E-state index contributed by atoms with van der Waals surface area (Å²) in [4.78, 5) is 7.33. The van der Waals surface area contributed by atoms with Gasteiger partial charge in [-0.05, 0) is 126 Å². The van der Waals surface area contributed by atoms with Crippen LogP contribution in [-0.4, -0.2) is 4.98 Å². The first-order valence-electron chi connectivity index (χ1n) is 21.1. The molecule has 3 heteroatoms. The molecule has 0 saturated heterocycles. The molecule has 12 aromatic rings. The fraction of sp³-hybridized carbons (Fsp3) is 0. The molecule has 0 N–H and O–H groups in total. The molecule has 0 aliphatic heterocycles. The van der Waals surface area contributed by atoms with E-state index in [0.29, 0.717) is 5.89 Å². The molecule has 0 amide bonds. The first-order chi connectivity index (χ1) is 30.7. The van der Waals surface area contributed by atoms with Crippen molar-refractivity contribution in [3.05, 3.63) is 231 Å². The Kier molecular flexibility index (Phi) is 8.50. The van der Waals surface area contributed by atoms with Crippen molar-refractivity contribution in [3.8, 4) is 44.8 Å². The molecule has 0 bridgehead atoms. The Morgan fingerprint density at radius 3 is 1.58 bits per heavy atom. The molecular weight excluding hydrogens is 753 g/mol. The normalized spacial score (nSPS) is 11.5. The van der Waals surface area contributed by atoms with Crippen molar-refractivity contribution in [1.82, 2.24) is 4.98 Å². The predicted octanol–water partition coefficient (Wildman–Crippen LogP) is 16.6. The van der Waals surface area contributed by atoms with E-state index < -0.39 is 0 Å². The maximum Gasteiger partial charge on any atom is 0.227 e. The molecule has 0 atom stereocenters. The van der Waals surface area contributed by atoms with Gasteiger partial charge in [0.25, 0.3) is 0 Å². The highest BCUT2D eigenvalue weighted by molar-refractivity contribution is 6.14. The third-order valence-electron chi connectivity index (χ3n) is 12.3. The fourth-order valence-electron chi connectivity index (χ4n) is 9.28. The number of hydrogen-bond donors (Lipinski definition) is 0. The van der Waals surface area contributed by atoms with Crippen LogP contribution in [0.5, 0.6) is 0 Å². The maximum absolute atomic E-state index is 6.54. The molecule has 290 valence electrons. The molecule has 11 aromatic carbocycles. The van der Waals surface area contributed by atoms with Crippen molar-refractivity contribution in [2.45, 2.75) is 0 Å². The minimum absolute atomic E-state index is 0.627. The van der Waals surface area contributed by atoms with Crippen LogP contribution in [-0.2, 0) is 0 Å². The fourth-order valence-corrected chi connectivity index (χ4v) is 9.28. The Hall–Kier alpha value is -8.27. The monoisotopic (exact) mass is 790 g/mol. The minimum Gasteiger partial charge on any atom is -0.435 e. The third kappa shape index (κ3) is 6.10. The number of benzene rings is 11. The SMILES string of the molecule is c1ccc(-c2cccc(N(c3ccc(-c4ccc(-c5nc6ccc7ccccc7c6o5)c5ccccc45)cc3)c3ccc(-c4cc5ccccc5c5ccccc45)cc3)c2)cc1. The van der Waals surface area contributed by atoms with Crippen LogP contribution in [0.4, 0.5) is 17.1 Å². The van der Waals surface area contributed by atoms with E-state index in [9.17, 15) is 0 Å². The summed E-state index contributed by atoms with van der Waals surface area (Å²) in [7, 11) is 0. The van der Waals surface area contributed by atoms with E-state index >= 15 is 0 Å². The number of fused-ring (bicyclic) bond motifs is 7. The molecule has 0 aliphatic rings. The largest absolute Gasteiger partial charge is 0.435 e. The second-order valence-corrected chi connectivity index (χ2v) is 15.9. The Bertz CT molecular complexity index is 3630. The van der Waals surface area contributed by atoms with Gasteiger partial charge in [-0.25, -0.2) is 4.98 Å². The van der Waals surface area contributed by atoms with E-state index in [2.05, 4.69) is 223 Å². The zero-order valence-corrected chi connectivity index (χ0v) is 33.7. The minimum atomic E-state index is 0.627. The van der Waals surface area contributed by atoms with E-state index in [-0.39, 0.29) is 0 Å². The standard InChI is InChI=1S/C59H38N2O/c1-2-13-39(14-3-1)43-17-12-18-47(37-43)61(46-32-27-42(28-33-46)56-38-44-16-5-6-19-48(44)51-21-9-11-24-54(51)56)45-30-25-41(26-31-45)49-34-35-55(53-23-10-8-22-52(49)53)59-60-57-36-29-40-15-4-7-20-50(40)58(57)62-59/h1-38H. The first kappa shape index (κ1) is 35.7. The second-order valence-electron chi connectivity index (χ2n) is 15.9. The quantitative estimate of drug-likeness (QED) is 0.151. The molecular formula is C59H38N2O. The van der Waals surface area contributed by atoms with E-state index in [4.69, 9.17) is 9.40 Å². The highest BCUT2D eigenvalue weighted by Gasteiger charge is 2.18. The van der Waals surface area contributed by atoms with Crippen LogP contribution < -0.4 is 4.90 Å². The molecule has 1 heterocycles. The van der Waals surface area contributed by atoms with Crippen molar-refractivity contribution in [2.24, 2.45) is 0 Å². The van der Waals surface area contributed by atoms with Crippen LogP contribution in [0.25, 0.3) is 99.0 Å². The lowest BCUT2D eigenvalue weighted by atomic mass is 9.93. The number of oxazole rings is 1. The number of aromatic nitrogens is 1. The van der Waals surface area contributed by atoms with Crippen molar-refractivity contribution in [1.29, 1.82) is 0 Å². The third-order valence-corrected chi connectivity index (χ3v) is 12.3. The van der Waals surface area contributed by atoms with Gasteiger partial charge in [-0.2, -0.15) is 0 Å². The second kappa shape index (κ2) is 14.8. The topological polar surface area (TPSA) is 29.3 Å². The number of nitrogens with zero attached hydrogens (tertiary/aromatic N) is 2. The summed E-state index contributed by atoms with van der Waals surface area (Å²) in [5, 5.41) is 9.50. The molecule has 0 aliphatic carbocycles. The van der Waals surface area contributed by atoms with Gasteiger partial charge in [-0.15, -0.1) is 0 Å². The molecule has 1 aromatic heterocycles. The van der Waals surface area contributed by atoms with Gasteiger partial charge in [-0.3, -0.25) is 0 Å². The maximum atomic E-state index is 6.54. The van der Waals surface area contributed by atoms with Gasteiger partial charge in [0.2, 0.25) is 5.89 Å². The number of hydrogen-bond acceptors (Lipinski definition) is 3. The lowest BCUT2D eigenvalue weighted by molar-refractivity contribution is 0.624. The van der Waals surface area contributed by atoms with Crippen LogP contribution in [0.1, 0.15) is 0 Å².